The lowest BCUT2D eigenvalue weighted by Crippen LogP contribution is -2.45. The molecule has 1 unspecified atom stereocenters. The van der Waals surface area contributed by atoms with Crippen LogP contribution in [0.4, 0.5) is 4.79 Å². The average molecular weight is 380 g/mol. The van der Waals surface area contributed by atoms with Gasteiger partial charge >= 0.3 is 13.6 Å². The second-order valence-electron chi connectivity index (χ2n) is 6.16. The summed E-state index contributed by atoms with van der Waals surface area (Å²) in [5.74, 6) is -0.377. The van der Waals surface area contributed by atoms with Crippen LogP contribution in [-0.4, -0.2) is 72.5 Å². The van der Waals surface area contributed by atoms with Gasteiger partial charge in [-0.05, 0) is 27.7 Å². The molecule has 144 valence electrons. The summed E-state index contributed by atoms with van der Waals surface area (Å²) in [6, 6.07) is -0.454. The van der Waals surface area contributed by atoms with E-state index in [4.69, 9.17) is 23.9 Å². The lowest BCUT2D eigenvalue weighted by Gasteiger charge is -2.26. The Morgan fingerprint density at radius 3 is 2.24 bits per heavy atom. The van der Waals surface area contributed by atoms with E-state index < -0.39 is 19.2 Å². The summed E-state index contributed by atoms with van der Waals surface area (Å²) in [4.78, 5) is 37.1. The van der Waals surface area contributed by atoms with Crippen molar-refractivity contribution < 1.29 is 38.0 Å². The lowest BCUT2D eigenvalue weighted by atomic mass is 10.0. The Kier molecular flexibility index (Phi) is 6.58. The minimum Gasteiger partial charge on any atom is -0.371 e. The number of nitrogens with zero attached hydrogens (tertiary/aromatic N) is 2. The van der Waals surface area contributed by atoms with Crippen LogP contribution >= 0.6 is 7.60 Å². The van der Waals surface area contributed by atoms with Crippen molar-refractivity contribution in [3.63, 3.8) is 0 Å². The van der Waals surface area contributed by atoms with Gasteiger partial charge in [0.2, 0.25) is 0 Å². The van der Waals surface area contributed by atoms with Gasteiger partial charge in [0.1, 0.15) is 5.54 Å². The minimum absolute atomic E-state index is 0.0374. The van der Waals surface area contributed by atoms with Gasteiger partial charge in [-0.2, -0.15) is 0 Å². The largest absolute Gasteiger partial charge is 0.386 e. The van der Waals surface area contributed by atoms with Crippen LogP contribution in [0.1, 0.15) is 27.7 Å². The molecule has 0 aliphatic carbocycles. The second kappa shape index (κ2) is 8.11. The number of rotatable bonds is 11. The van der Waals surface area contributed by atoms with Gasteiger partial charge in [0.25, 0.3) is 5.91 Å². The lowest BCUT2D eigenvalue weighted by molar-refractivity contribution is -0.263. The van der Waals surface area contributed by atoms with Crippen LogP contribution in [0.5, 0.6) is 0 Å². The maximum absolute atomic E-state index is 12.6. The molecule has 0 aromatic carbocycles. The van der Waals surface area contributed by atoms with Crippen molar-refractivity contribution in [3.05, 3.63) is 0 Å². The first-order valence-electron chi connectivity index (χ1n) is 8.21. The highest BCUT2D eigenvalue weighted by Gasteiger charge is 2.52. The molecular weight excluding hydrogens is 355 g/mol. The highest BCUT2D eigenvalue weighted by atomic mass is 31.2. The van der Waals surface area contributed by atoms with Gasteiger partial charge in [-0.1, -0.05) is 0 Å². The van der Waals surface area contributed by atoms with E-state index in [1.54, 1.807) is 27.7 Å². The number of hydrogen-bond acceptors (Lipinski definition) is 8. The maximum Gasteiger partial charge on any atom is 0.386 e. The Hall–Kier alpha value is -1.03. The van der Waals surface area contributed by atoms with E-state index >= 15 is 0 Å². The molecule has 2 aliphatic heterocycles. The number of carbonyl (C=O) groups is 2. The summed E-state index contributed by atoms with van der Waals surface area (Å²) >= 11 is 0. The van der Waals surface area contributed by atoms with E-state index in [-0.39, 0.29) is 37.9 Å². The third-order valence-corrected chi connectivity index (χ3v) is 5.27. The summed E-state index contributed by atoms with van der Waals surface area (Å²) in [5, 5.41) is 0. The number of urea groups is 1. The fourth-order valence-corrected chi connectivity index (χ4v) is 3.52. The van der Waals surface area contributed by atoms with Crippen LogP contribution < -0.4 is 0 Å². The third kappa shape index (κ3) is 4.78. The maximum atomic E-state index is 12.6. The molecule has 0 N–H and O–H groups in total. The van der Waals surface area contributed by atoms with E-state index in [1.807, 2.05) is 0 Å². The Labute approximate surface area is 146 Å². The van der Waals surface area contributed by atoms with E-state index in [2.05, 4.69) is 0 Å². The Morgan fingerprint density at radius 1 is 1.20 bits per heavy atom. The number of ether oxygens (including phenoxy) is 1. The zero-order chi connectivity index (χ0) is 18.7. The first kappa shape index (κ1) is 20.3. The zero-order valence-electron chi connectivity index (χ0n) is 14.9. The third-order valence-electron chi connectivity index (χ3n) is 3.86. The normalized spacial score (nSPS) is 22.8. The van der Waals surface area contributed by atoms with Gasteiger partial charge in [-0.15, -0.1) is 9.35 Å². The topological polar surface area (TPSA) is 107 Å². The summed E-state index contributed by atoms with van der Waals surface area (Å²) in [7, 11) is -3.77. The van der Waals surface area contributed by atoms with Crippen molar-refractivity contribution in [2.75, 3.05) is 39.1 Å². The molecule has 25 heavy (non-hydrogen) atoms. The van der Waals surface area contributed by atoms with Crippen molar-refractivity contribution in [3.8, 4) is 0 Å². The first-order chi connectivity index (χ1) is 11.7. The molecular formula is C14H25N2O8P. The zero-order valence-corrected chi connectivity index (χ0v) is 15.8. The molecule has 0 bridgehead atoms. The Bertz CT molecular complexity index is 539. The first-order valence-corrected chi connectivity index (χ1v) is 9.94. The standard InChI is InChI=1S/C14H25N2O8P/c1-5-21-23-25(19,24-22-6-2)8-7-15-12(17)14(3,4)16(13(15)18)9-11-10-20-11/h11H,5-10H2,1-4H3. The van der Waals surface area contributed by atoms with Crippen molar-refractivity contribution in [1.29, 1.82) is 0 Å². The van der Waals surface area contributed by atoms with Crippen LogP contribution in [-0.2, 0) is 33.2 Å². The molecule has 0 radical (unpaired) electrons. The smallest absolute Gasteiger partial charge is 0.371 e. The Balaban J connectivity index is 2.02. The van der Waals surface area contributed by atoms with Crippen LogP contribution in [0.3, 0.4) is 0 Å². The highest BCUT2D eigenvalue weighted by Crippen LogP contribution is 2.48. The van der Waals surface area contributed by atoms with Crippen molar-refractivity contribution in [2.45, 2.75) is 39.3 Å². The van der Waals surface area contributed by atoms with Crippen LogP contribution in [0, 0.1) is 0 Å². The Morgan fingerprint density at radius 2 is 1.76 bits per heavy atom. The number of imide groups is 1. The molecule has 0 aromatic rings. The van der Waals surface area contributed by atoms with Gasteiger partial charge in [0.15, 0.2) is 0 Å². The van der Waals surface area contributed by atoms with E-state index in [1.165, 1.54) is 4.90 Å². The van der Waals surface area contributed by atoms with Crippen LogP contribution in [0.15, 0.2) is 0 Å². The SMILES string of the molecule is CCOOP(=O)(CCN1C(=O)N(CC2CO2)C(C)(C)C1=O)OOCC. The van der Waals surface area contributed by atoms with Crippen molar-refractivity contribution >= 4 is 19.5 Å². The van der Waals surface area contributed by atoms with E-state index in [0.29, 0.717) is 13.2 Å². The van der Waals surface area contributed by atoms with E-state index in [9.17, 15) is 14.2 Å². The monoisotopic (exact) mass is 380 g/mol. The molecule has 0 spiro atoms. The molecule has 11 heteroatoms. The highest BCUT2D eigenvalue weighted by molar-refractivity contribution is 7.53. The van der Waals surface area contributed by atoms with Crippen molar-refractivity contribution in [2.24, 2.45) is 0 Å². The molecule has 0 saturated carbocycles. The van der Waals surface area contributed by atoms with Gasteiger partial charge in [-0.3, -0.25) is 14.3 Å². The molecule has 3 amide bonds. The van der Waals surface area contributed by atoms with Crippen molar-refractivity contribution in [1.82, 2.24) is 9.80 Å². The van der Waals surface area contributed by atoms with Gasteiger partial charge in [0.05, 0.1) is 38.6 Å². The number of hydrogen-bond donors (Lipinski definition) is 0. The molecule has 1 atom stereocenters. The van der Waals surface area contributed by atoms with E-state index in [0.717, 1.165) is 4.90 Å². The number of carbonyl (C=O) groups excluding carboxylic acids is 2. The number of amides is 3. The molecule has 0 aromatic heterocycles. The fraction of sp³-hybridized carbons (Fsp3) is 0.857. The summed E-state index contributed by atoms with van der Waals surface area (Å²) in [6.07, 6.45) is -0.279. The quantitative estimate of drug-likeness (QED) is 0.175. The molecule has 2 aliphatic rings. The minimum atomic E-state index is -3.77. The average Bonchev–Trinajstić information content (AvgIpc) is 3.37. The number of epoxide rings is 1. The summed E-state index contributed by atoms with van der Waals surface area (Å²) in [6.45, 7) is 7.74. The van der Waals surface area contributed by atoms with Gasteiger partial charge in [0, 0.05) is 6.54 Å². The van der Waals surface area contributed by atoms with Crippen LogP contribution in [0.25, 0.3) is 0 Å². The predicted octanol–water partition coefficient (Wildman–Crippen LogP) is 1.56. The predicted molar refractivity (Wildman–Crippen MR) is 85.5 cm³/mol. The molecule has 10 nitrogen and oxygen atoms in total. The molecule has 2 heterocycles. The summed E-state index contributed by atoms with van der Waals surface area (Å²) in [5.41, 5.74) is -0.991. The molecule has 2 rings (SSSR count). The van der Waals surface area contributed by atoms with Gasteiger partial charge in [-0.25, -0.2) is 14.6 Å². The fourth-order valence-electron chi connectivity index (χ4n) is 2.37. The molecule has 2 fully saturated rings. The van der Waals surface area contributed by atoms with Gasteiger partial charge < -0.3 is 9.64 Å². The molecule has 2 saturated heterocycles. The van der Waals surface area contributed by atoms with Crippen LogP contribution in [0.2, 0.25) is 0 Å². The summed E-state index contributed by atoms with van der Waals surface area (Å²) < 4.78 is 27.3. The second-order valence-corrected chi connectivity index (χ2v) is 8.13.